The van der Waals surface area contributed by atoms with E-state index in [1.165, 1.54) is 36.7 Å². The molecule has 0 fully saturated rings. The van der Waals surface area contributed by atoms with Gasteiger partial charge in [0.05, 0.1) is 5.56 Å². The molecule has 0 aliphatic heterocycles. The molecule has 1 amide bonds. The summed E-state index contributed by atoms with van der Waals surface area (Å²) < 4.78 is 5.13. The van der Waals surface area contributed by atoms with Crippen LogP contribution >= 0.6 is 11.6 Å². The van der Waals surface area contributed by atoms with E-state index in [2.05, 4.69) is 16.4 Å². The molecule has 1 atom stereocenters. The average molecular weight is 337 g/mol. The second-order valence-corrected chi connectivity index (χ2v) is 5.95. The molecule has 1 aliphatic carbocycles. The van der Waals surface area contributed by atoms with Gasteiger partial charge in [-0.25, -0.2) is 9.78 Å². The van der Waals surface area contributed by atoms with E-state index in [-0.39, 0.29) is 11.5 Å². The standard InChI is InChI=1S/C17H21ClN2O3/c1-12(23-17(22)14-7-8-15(18)20-11-14)16(21)19-10-9-13-5-3-2-4-6-13/h5,7-8,11-12H,2-4,6,9-10H2,1H3,(H,19,21)/t12-/m0/s1. The number of aromatic nitrogens is 1. The lowest BCUT2D eigenvalue weighted by Gasteiger charge is -2.15. The minimum atomic E-state index is -0.849. The number of allylic oxidation sites excluding steroid dienone is 1. The Bertz CT molecular complexity index is 584. The molecule has 1 heterocycles. The van der Waals surface area contributed by atoms with Gasteiger partial charge in [-0.15, -0.1) is 0 Å². The molecule has 0 radical (unpaired) electrons. The minimum Gasteiger partial charge on any atom is -0.449 e. The van der Waals surface area contributed by atoms with E-state index in [1.54, 1.807) is 6.92 Å². The molecule has 23 heavy (non-hydrogen) atoms. The van der Waals surface area contributed by atoms with Crippen molar-refractivity contribution in [2.45, 2.75) is 45.1 Å². The maximum absolute atomic E-state index is 12.0. The lowest BCUT2D eigenvalue weighted by molar-refractivity contribution is -0.129. The summed E-state index contributed by atoms with van der Waals surface area (Å²) in [6.07, 6.45) is 8.31. The third-order valence-electron chi connectivity index (χ3n) is 3.75. The average Bonchev–Trinajstić information content (AvgIpc) is 2.56. The number of carbonyl (C=O) groups excluding carboxylic acids is 2. The maximum Gasteiger partial charge on any atom is 0.340 e. The number of rotatable bonds is 6. The van der Waals surface area contributed by atoms with Gasteiger partial charge in [0.25, 0.3) is 5.91 Å². The smallest absolute Gasteiger partial charge is 0.340 e. The number of carbonyl (C=O) groups is 2. The molecule has 124 valence electrons. The van der Waals surface area contributed by atoms with E-state index in [1.807, 2.05) is 0 Å². The first kappa shape index (κ1) is 17.5. The molecule has 1 N–H and O–H groups in total. The number of nitrogens with zero attached hydrogens (tertiary/aromatic N) is 1. The Morgan fingerprint density at radius 2 is 2.22 bits per heavy atom. The van der Waals surface area contributed by atoms with Crippen molar-refractivity contribution >= 4 is 23.5 Å². The predicted octanol–water partition coefficient (Wildman–Crippen LogP) is 3.29. The van der Waals surface area contributed by atoms with Crippen molar-refractivity contribution in [2.75, 3.05) is 6.54 Å². The van der Waals surface area contributed by atoms with Crippen molar-refractivity contribution in [1.82, 2.24) is 10.3 Å². The number of hydrogen-bond donors (Lipinski definition) is 1. The summed E-state index contributed by atoms with van der Waals surface area (Å²) in [4.78, 5) is 27.7. The van der Waals surface area contributed by atoms with Crippen LogP contribution in [0.15, 0.2) is 30.0 Å². The van der Waals surface area contributed by atoms with Gasteiger partial charge in [-0.1, -0.05) is 23.3 Å². The van der Waals surface area contributed by atoms with Crippen LogP contribution in [0.2, 0.25) is 5.15 Å². The van der Waals surface area contributed by atoms with Gasteiger partial charge < -0.3 is 10.1 Å². The zero-order valence-corrected chi connectivity index (χ0v) is 13.9. The van der Waals surface area contributed by atoms with Gasteiger partial charge in [-0.05, 0) is 51.2 Å². The third kappa shape index (κ3) is 5.67. The normalized spacial score (nSPS) is 15.5. The first-order valence-corrected chi connectivity index (χ1v) is 8.22. The summed E-state index contributed by atoms with van der Waals surface area (Å²) in [7, 11) is 0. The fourth-order valence-electron chi connectivity index (χ4n) is 2.40. The van der Waals surface area contributed by atoms with Crippen LogP contribution in [0.5, 0.6) is 0 Å². The number of hydrogen-bond acceptors (Lipinski definition) is 4. The Labute approximate surface area is 141 Å². The first-order valence-electron chi connectivity index (χ1n) is 7.84. The largest absolute Gasteiger partial charge is 0.449 e. The summed E-state index contributed by atoms with van der Waals surface area (Å²) >= 11 is 5.66. The highest BCUT2D eigenvalue weighted by Crippen LogP contribution is 2.19. The molecule has 1 aliphatic rings. The van der Waals surface area contributed by atoms with Crippen molar-refractivity contribution in [1.29, 1.82) is 0 Å². The maximum atomic E-state index is 12.0. The zero-order valence-electron chi connectivity index (χ0n) is 13.2. The van der Waals surface area contributed by atoms with Crippen LogP contribution in [0.25, 0.3) is 0 Å². The predicted molar refractivity (Wildman–Crippen MR) is 88.3 cm³/mol. The van der Waals surface area contributed by atoms with E-state index in [0.717, 1.165) is 19.3 Å². The lowest BCUT2D eigenvalue weighted by atomic mass is 9.97. The molecular weight excluding hydrogens is 316 g/mol. The van der Waals surface area contributed by atoms with Crippen LogP contribution in [-0.4, -0.2) is 29.5 Å². The number of pyridine rings is 1. The SMILES string of the molecule is C[C@H](OC(=O)c1ccc(Cl)nc1)C(=O)NCCC1=CCCCC1. The molecule has 0 spiro atoms. The molecule has 0 saturated carbocycles. The molecule has 1 aromatic rings. The van der Waals surface area contributed by atoms with Crippen LogP contribution < -0.4 is 5.32 Å². The van der Waals surface area contributed by atoms with Gasteiger partial charge >= 0.3 is 5.97 Å². The molecule has 2 rings (SSSR count). The van der Waals surface area contributed by atoms with E-state index in [9.17, 15) is 9.59 Å². The van der Waals surface area contributed by atoms with Crippen LogP contribution in [0.3, 0.4) is 0 Å². The van der Waals surface area contributed by atoms with E-state index in [0.29, 0.717) is 11.7 Å². The highest BCUT2D eigenvalue weighted by molar-refractivity contribution is 6.29. The Morgan fingerprint density at radius 3 is 2.87 bits per heavy atom. The van der Waals surface area contributed by atoms with Crippen molar-refractivity contribution in [2.24, 2.45) is 0 Å². The molecule has 0 aromatic carbocycles. The Kier molecular flexibility index (Phi) is 6.59. The highest BCUT2D eigenvalue weighted by atomic mass is 35.5. The molecular formula is C17H21ClN2O3. The summed E-state index contributed by atoms with van der Waals surface area (Å²) in [5.41, 5.74) is 1.66. The van der Waals surface area contributed by atoms with E-state index in [4.69, 9.17) is 16.3 Å². The van der Waals surface area contributed by atoms with Gasteiger partial charge in [0.2, 0.25) is 0 Å². The molecule has 0 saturated heterocycles. The Balaban J connectivity index is 1.74. The van der Waals surface area contributed by atoms with E-state index < -0.39 is 12.1 Å². The van der Waals surface area contributed by atoms with Crippen LogP contribution in [0.1, 0.15) is 49.4 Å². The molecule has 1 aromatic heterocycles. The molecule has 6 heteroatoms. The van der Waals surface area contributed by atoms with Crippen molar-refractivity contribution < 1.29 is 14.3 Å². The first-order chi connectivity index (χ1) is 11.1. The number of esters is 1. The quantitative estimate of drug-likeness (QED) is 0.491. The van der Waals surface area contributed by atoms with Crippen molar-refractivity contribution in [3.05, 3.63) is 40.7 Å². The van der Waals surface area contributed by atoms with Gasteiger partial charge in [-0.3, -0.25) is 4.79 Å². The van der Waals surface area contributed by atoms with Crippen molar-refractivity contribution in [3.63, 3.8) is 0 Å². The fourth-order valence-corrected chi connectivity index (χ4v) is 2.51. The Hall–Kier alpha value is -1.88. The summed E-state index contributed by atoms with van der Waals surface area (Å²) in [5.74, 6) is -0.886. The summed E-state index contributed by atoms with van der Waals surface area (Å²) in [6, 6.07) is 3.01. The van der Waals surface area contributed by atoms with Gasteiger partial charge in [0.15, 0.2) is 6.10 Å². The lowest BCUT2D eigenvalue weighted by Crippen LogP contribution is -2.36. The van der Waals surface area contributed by atoms with E-state index >= 15 is 0 Å². The third-order valence-corrected chi connectivity index (χ3v) is 3.97. The zero-order chi connectivity index (χ0) is 16.7. The molecule has 5 nitrogen and oxygen atoms in total. The number of amides is 1. The topological polar surface area (TPSA) is 68.3 Å². The van der Waals surface area contributed by atoms with Crippen LogP contribution in [0, 0.1) is 0 Å². The fraction of sp³-hybridized carbons (Fsp3) is 0.471. The monoisotopic (exact) mass is 336 g/mol. The van der Waals surface area contributed by atoms with Crippen LogP contribution in [0.4, 0.5) is 0 Å². The second kappa shape index (κ2) is 8.67. The second-order valence-electron chi connectivity index (χ2n) is 5.57. The van der Waals surface area contributed by atoms with Gasteiger partial charge in [0, 0.05) is 12.7 Å². The number of halogens is 1. The van der Waals surface area contributed by atoms with Crippen molar-refractivity contribution in [3.8, 4) is 0 Å². The molecule has 0 unspecified atom stereocenters. The number of nitrogens with one attached hydrogen (secondary N) is 1. The number of ether oxygens (including phenoxy) is 1. The van der Waals surface area contributed by atoms with Crippen LogP contribution in [-0.2, 0) is 9.53 Å². The summed E-state index contributed by atoms with van der Waals surface area (Å²) in [5, 5.41) is 3.10. The summed E-state index contributed by atoms with van der Waals surface area (Å²) in [6.45, 7) is 2.12. The van der Waals surface area contributed by atoms with Gasteiger partial charge in [-0.2, -0.15) is 0 Å². The Morgan fingerprint density at radius 1 is 1.39 bits per heavy atom. The highest BCUT2D eigenvalue weighted by Gasteiger charge is 2.19. The van der Waals surface area contributed by atoms with Gasteiger partial charge in [0.1, 0.15) is 5.15 Å². The minimum absolute atomic E-state index is 0.265. The molecule has 0 bridgehead atoms.